The molecule has 0 atom stereocenters. The molecule has 376 valence electrons. The first-order valence-electron chi connectivity index (χ1n) is 30.5. The number of imidazole rings is 1. The second-order valence-corrected chi connectivity index (χ2v) is 21.4. The number of nitrogens with zero attached hydrogens (tertiary/aromatic N) is 5. The van der Waals surface area contributed by atoms with Gasteiger partial charge in [-0.1, -0.05) is 39.0 Å². The Labute approximate surface area is 474 Å². The fourth-order valence-electron chi connectivity index (χ4n) is 11.3. The molecule has 0 bridgehead atoms. The molecule has 0 aliphatic carbocycles. The number of para-hydroxylation sites is 5. The van der Waals surface area contributed by atoms with Gasteiger partial charge >= 0.3 is 381 Å². The SMILES string of the molecule is [2H]c1c([2H])c([2H])c(-c2cc(-n3c4ccccc4c4ccccc43)cc(-c3c([2H])c([2H])c([2H])c([2H])c3[2H])c2-n2[c](=[Pt])n(-c3cccc(Oc4ccc5c6ccc7oc8ccccc8c7c6n(-c6cc(C(C)(C)C)ccn6)c5c4)c3)c3ccccc32)c([2H])c1[2H]. The van der Waals surface area contributed by atoms with Crippen molar-refractivity contribution in [2.24, 2.45) is 0 Å². The monoisotopic (exact) mass is 1200 g/mol. The molecule has 0 N–H and O–H groups in total. The number of pyridine rings is 1. The molecule has 10 aromatic carbocycles. The van der Waals surface area contributed by atoms with Gasteiger partial charge in [0.05, 0.1) is 0 Å². The summed E-state index contributed by atoms with van der Waals surface area (Å²) < 4.78 is 114. The normalized spacial score (nSPS) is 13.9. The first-order chi connectivity index (χ1) is 42.4. The van der Waals surface area contributed by atoms with Gasteiger partial charge in [-0.2, -0.15) is 0 Å². The number of fused-ring (bicyclic) bond motifs is 11. The van der Waals surface area contributed by atoms with E-state index in [9.17, 15) is 5.48 Å². The van der Waals surface area contributed by atoms with E-state index in [4.69, 9.17) is 22.4 Å². The van der Waals surface area contributed by atoms with E-state index in [1.807, 2.05) is 153 Å². The van der Waals surface area contributed by atoms with Crippen LogP contribution in [-0.2, 0) is 24.8 Å². The Kier molecular flexibility index (Phi) is 8.41. The number of benzene rings is 10. The van der Waals surface area contributed by atoms with Crippen LogP contribution in [0.2, 0.25) is 0 Å². The van der Waals surface area contributed by atoms with E-state index in [1.54, 1.807) is 12.1 Å². The Morgan fingerprint density at radius 2 is 1.06 bits per heavy atom. The number of rotatable bonds is 8. The molecule has 0 aliphatic rings. The molecule has 15 aromatic rings. The molecule has 5 aromatic heterocycles. The van der Waals surface area contributed by atoms with Crippen LogP contribution < -0.4 is 4.74 Å². The number of hydrogen-bond donors (Lipinski definition) is 0. The Balaban J connectivity index is 0.969. The summed E-state index contributed by atoms with van der Waals surface area (Å²) in [6.45, 7) is 6.56. The number of aromatic nitrogens is 5. The van der Waals surface area contributed by atoms with Crippen molar-refractivity contribution in [3.63, 3.8) is 0 Å². The molecule has 0 aliphatic heterocycles. The van der Waals surface area contributed by atoms with Gasteiger partial charge in [0.1, 0.15) is 11.2 Å². The van der Waals surface area contributed by atoms with Crippen molar-refractivity contribution >= 4 is 76.6 Å². The third-order valence-electron chi connectivity index (χ3n) is 14.8. The topological polar surface area (TPSA) is 55.0 Å². The second kappa shape index (κ2) is 17.9. The van der Waals surface area contributed by atoms with Crippen LogP contribution in [-0.4, -0.2) is 23.3 Å². The third-order valence-corrected chi connectivity index (χ3v) is 15.8. The van der Waals surface area contributed by atoms with Crippen molar-refractivity contribution in [1.82, 2.24) is 23.3 Å². The molecule has 0 unspecified atom stereocenters. The van der Waals surface area contributed by atoms with Crippen LogP contribution in [0, 0.1) is 3.80 Å². The predicted molar refractivity (Wildman–Crippen MR) is 316 cm³/mol. The summed E-state index contributed by atoms with van der Waals surface area (Å²) in [7, 11) is 0. The van der Waals surface area contributed by atoms with Crippen LogP contribution in [0.15, 0.2) is 247 Å². The minimum absolute atomic E-state index is 0.149. The van der Waals surface area contributed by atoms with Gasteiger partial charge in [-0.3, -0.25) is 0 Å². The van der Waals surface area contributed by atoms with Crippen LogP contribution in [0.4, 0.5) is 0 Å². The summed E-state index contributed by atoms with van der Waals surface area (Å²) in [6.07, 6.45) is 1.86. The van der Waals surface area contributed by atoms with Crippen molar-refractivity contribution in [2.45, 2.75) is 26.2 Å². The molecule has 8 heteroatoms. The quantitative estimate of drug-likeness (QED) is 0.152. The van der Waals surface area contributed by atoms with Crippen LogP contribution in [0.1, 0.15) is 40.0 Å². The van der Waals surface area contributed by atoms with Crippen LogP contribution in [0.5, 0.6) is 11.5 Å². The van der Waals surface area contributed by atoms with E-state index in [0.29, 0.717) is 37.7 Å². The maximum absolute atomic E-state index is 9.60. The molecule has 0 spiro atoms. The summed E-state index contributed by atoms with van der Waals surface area (Å²) in [6, 6.07) is 51.6. The van der Waals surface area contributed by atoms with E-state index in [-0.39, 0.29) is 33.4 Å². The number of furan rings is 1. The summed E-state index contributed by atoms with van der Waals surface area (Å²) in [5.41, 5.74) is 8.52. The number of ether oxygens (including phenoxy) is 1. The molecule has 0 radical (unpaired) electrons. The van der Waals surface area contributed by atoms with Crippen molar-refractivity contribution in [3.05, 3.63) is 252 Å². The average molecular weight is 1200 g/mol. The van der Waals surface area contributed by atoms with Crippen molar-refractivity contribution in [1.29, 1.82) is 0 Å². The Morgan fingerprint density at radius 1 is 0.474 bits per heavy atom. The first kappa shape index (κ1) is 36.6. The summed E-state index contributed by atoms with van der Waals surface area (Å²) in [5.74, 6) is 1.81. The Morgan fingerprint density at radius 3 is 1.74 bits per heavy atom. The van der Waals surface area contributed by atoms with E-state index < -0.39 is 60.4 Å². The summed E-state index contributed by atoms with van der Waals surface area (Å²) in [4.78, 5) is 5.00. The molecule has 0 saturated carbocycles. The Hall–Kier alpha value is -9.29. The average Bonchev–Trinajstić information content (AvgIpc) is 1.53. The van der Waals surface area contributed by atoms with Crippen molar-refractivity contribution in [2.75, 3.05) is 0 Å². The zero-order valence-corrected chi connectivity index (χ0v) is 44.5. The standard InChI is InChI=1S/C70H49N5O2.Pt/c1-70(2,3)47-37-38-71-66(39-47)75-63-43-51(33-34-54(63)55-35-36-65-67(69(55)75)56-27-12-17-32-64(56)77-65)76-50-24-18-23-48(40-50)72-44-73(62-31-16-15-30-61(62)72)68-57(45-19-6-4-7-20-45)41-49(42-58(68)46-21-8-5-9-22-46)74-59-28-13-10-25-52(59)53-26-11-14-29-60(53)74;/h4-43H,1-3H3;/i4D,5D,6D,7D,8D,9D,19D,20D,21D,22D;. The second-order valence-electron chi connectivity index (χ2n) is 20.4. The summed E-state index contributed by atoms with van der Waals surface area (Å²) in [5, 5.41) is 5.84. The van der Waals surface area contributed by atoms with E-state index in [1.165, 1.54) is 0 Å². The van der Waals surface area contributed by atoms with Crippen LogP contribution >= 0.6 is 0 Å². The van der Waals surface area contributed by atoms with E-state index in [0.717, 1.165) is 76.9 Å². The molecule has 5 heterocycles. The summed E-state index contributed by atoms with van der Waals surface area (Å²) >= 11 is 2.21. The molecule has 0 amide bonds. The molecule has 0 fully saturated rings. The Bertz CT molecular complexity index is 5400. The molecule has 78 heavy (non-hydrogen) atoms. The fraction of sp³-hybridized carbons (Fsp3) is 0.0571. The number of hydrogen-bond acceptors (Lipinski definition) is 3. The molecule has 15 rings (SSSR count). The molecular weight excluding hydrogens is 1140 g/mol. The maximum atomic E-state index is 9.60. The molecule has 0 saturated heterocycles. The van der Waals surface area contributed by atoms with Gasteiger partial charge in [0.2, 0.25) is 0 Å². The minimum atomic E-state index is -0.583. The zero-order valence-electron chi connectivity index (χ0n) is 52.2. The van der Waals surface area contributed by atoms with Crippen molar-refractivity contribution in [3.8, 4) is 56.6 Å². The molecule has 7 nitrogen and oxygen atoms in total. The van der Waals surface area contributed by atoms with Gasteiger partial charge in [0.25, 0.3) is 0 Å². The van der Waals surface area contributed by atoms with E-state index in [2.05, 4.69) is 75.0 Å². The van der Waals surface area contributed by atoms with Gasteiger partial charge in [-0.05, 0) is 29.2 Å². The van der Waals surface area contributed by atoms with Gasteiger partial charge in [-0.25, -0.2) is 0 Å². The van der Waals surface area contributed by atoms with Gasteiger partial charge in [0.15, 0.2) is 0 Å². The van der Waals surface area contributed by atoms with Gasteiger partial charge in [-0.15, -0.1) is 0 Å². The molecular formula is C70H49N5O2Pt. The fourth-order valence-corrected chi connectivity index (χ4v) is 12.4. The predicted octanol–water partition coefficient (Wildman–Crippen LogP) is 18.4. The van der Waals surface area contributed by atoms with Crippen LogP contribution in [0.25, 0.3) is 122 Å². The van der Waals surface area contributed by atoms with Crippen molar-refractivity contribution < 1.29 is 42.2 Å². The van der Waals surface area contributed by atoms with Gasteiger partial charge < -0.3 is 4.42 Å². The first-order valence-corrected chi connectivity index (χ1v) is 26.7. The van der Waals surface area contributed by atoms with E-state index >= 15 is 0 Å². The third kappa shape index (κ3) is 7.29. The van der Waals surface area contributed by atoms with Crippen LogP contribution in [0.3, 0.4) is 0 Å². The van der Waals surface area contributed by atoms with Gasteiger partial charge in [0, 0.05) is 11.6 Å². The zero-order chi connectivity index (χ0) is 60.9.